The molecule has 0 bridgehead atoms. The highest BCUT2D eigenvalue weighted by molar-refractivity contribution is 7.90. The van der Waals surface area contributed by atoms with E-state index in [1.807, 2.05) is 13.8 Å². The first-order valence-corrected chi connectivity index (χ1v) is 8.07. The Balaban J connectivity index is 2.92. The van der Waals surface area contributed by atoms with Crippen LogP contribution in [0.1, 0.15) is 24.2 Å². The van der Waals surface area contributed by atoms with Crippen LogP contribution in [0.2, 0.25) is 0 Å². The Bertz CT molecular complexity index is 596. The van der Waals surface area contributed by atoms with E-state index in [1.165, 1.54) is 18.2 Å². The average molecular weight is 300 g/mol. The fraction of sp³-hybridized carbons (Fsp3) is 0.462. The molecular weight excluding hydrogens is 280 g/mol. The zero-order chi connectivity index (χ0) is 15.5. The first-order valence-electron chi connectivity index (χ1n) is 6.18. The summed E-state index contributed by atoms with van der Waals surface area (Å²) in [4.78, 5) is 11.9. The van der Waals surface area contributed by atoms with Crippen molar-refractivity contribution in [3.8, 4) is 0 Å². The van der Waals surface area contributed by atoms with Crippen molar-refractivity contribution in [3.63, 3.8) is 0 Å². The Hall–Kier alpha value is -1.60. The molecule has 0 heterocycles. The van der Waals surface area contributed by atoms with Gasteiger partial charge in [-0.2, -0.15) is 0 Å². The number of benzene rings is 1. The first-order chi connectivity index (χ1) is 9.11. The highest BCUT2D eigenvalue weighted by Crippen LogP contribution is 2.16. The third-order valence-electron chi connectivity index (χ3n) is 2.86. The van der Waals surface area contributed by atoms with Crippen LogP contribution in [-0.4, -0.2) is 38.3 Å². The molecule has 0 aromatic heterocycles. The van der Waals surface area contributed by atoms with Gasteiger partial charge < -0.3 is 16.2 Å². The largest absolute Gasteiger partial charge is 0.399 e. The fourth-order valence-corrected chi connectivity index (χ4v) is 2.19. The lowest BCUT2D eigenvalue weighted by atomic mass is 10.1. The van der Waals surface area contributed by atoms with Gasteiger partial charge in [-0.3, -0.25) is 4.79 Å². The number of aliphatic hydroxyl groups excluding tert-OH is 1. The molecule has 1 rings (SSSR count). The molecule has 0 saturated heterocycles. The smallest absolute Gasteiger partial charge is 0.251 e. The van der Waals surface area contributed by atoms with Crippen molar-refractivity contribution < 1.29 is 18.3 Å². The molecular formula is C13H20N2O4S. The molecule has 6 nitrogen and oxygen atoms in total. The SMILES string of the molecule is CC(C)C(O)CNC(=O)c1cc(N)cc(S(C)(=O)=O)c1. The molecule has 0 aliphatic carbocycles. The van der Waals surface area contributed by atoms with E-state index in [4.69, 9.17) is 5.73 Å². The van der Waals surface area contributed by atoms with Gasteiger partial charge >= 0.3 is 0 Å². The molecule has 1 amide bonds. The number of nitrogens with one attached hydrogen (secondary N) is 1. The topological polar surface area (TPSA) is 109 Å². The molecule has 4 N–H and O–H groups in total. The van der Waals surface area contributed by atoms with Crippen molar-refractivity contribution in [2.24, 2.45) is 5.92 Å². The molecule has 0 aliphatic heterocycles. The van der Waals surface area contributed by atoms with Gasteiger partial charge in [-0.25, -0.2) is 8.42 Å². The zero-order valence-corrected chi connectivity index (χ0v) is 12.6. The maximum absolute atomic E-state index is 11.9. The third kappa shape index (κ3) is 4.50. The summed E-state index contributed by atoms with van der Waals surface area (Å²) in [5.41, 5.74) is 5.96. The lowest BCUT2D eigenvalue weighted by molar-refractivity contribution is 0.0871. The second-order valence-electron chi connectivity index (χ2n) is 5.08. The van der Waals surface area contributed by atoms with Crippen molar-refractivity contribution in [2.75, 3.05) is 18.5 Å². The van der Waals surface area contributed by atoms with Crippen LogP contribution < -0.4 is 11.1 Å². The highest BCUT2D eigenvalue weighted by Gasteiger charge is 2.15. The van der Waals surface area contributed by atoms with Gasteiger partial charge in [-0.1, -0.05) is 13.8 Å². The summed E-state index contributed by atoms with van der Waals surface area (Å²) in [6.07, 6.45) is 0.390. The minimum atomic E-state index is -3.44. The summed E-state index contributed by atoms with van der Waals surface area (Å²) >= 11 is 0. The van der Waals surface area contributed by atoms with Crippen LogP contribution in [0, 0.1) is 5.92 Å². The maximum Gasteiger partial charge on any atom is 0.251 e. The molecule has 1 unspecified atom stereocenters. The predicted octanol–water partition coefficient (Wildman–Crippen LogP) is 0.419. The van der Waals surface area contributed by atoms with Gasteiger partial charge in [0.25, 0.3) is 5.91 Å². The summed E-state index contributed by atoms with van der Waals surface area (Å²) in [5.74, 6) is -0.454. The first kappa shape index (κ1) is 16.5. The van der Waals surface area contributed by atoms with E-state index < -0.39 is 21.8 Å². The number of hydrogen-bond donors (Lipinski definition) is 3. The van der Waals surface area contributed by atoms with Gasteiger partial charge in [0.2, 0.25) is 0 Å². The Labute approximate surface area is 118 Å². The van der Waals surface area contributed by atoms with E-state index in [9.17, 15) is 18.3 Å². The molecule has 20 heavy (non-hydrogen) atoms. The molecule has 0 aliphatic rings. The Kier molecular flexibility index (Phi) is 5.13. The normalized spacial score (nSPS) is 13.2. The van der Waals surface area contributed by atoms with Crippen molar-refractivity contribution in [3.05, 3.63) is 23.8 Å². The second kappa shape index (κ2) is 6.23. The minimum absolute atomic E-state index is 0.00735. The number of rotatable bonds is 5. The van der Waals surface area contributed by atoms with E-state index in [1.54, 1.807) is 0 Å². The quantitative estimate of drug-likeness (QED) is 0.683. The minimum Gasteiger partial charge on any atom is -0.399 e. The number of nitrogens with two attached hydrogens (primary N) is 1. The molecule has 0 spiro atoms. The standard InChI is InChI=1S/C13H20N2O4S/c1-8(2)12(16)7-15-13(17)9-4-10(14)6-11(5-9)20(3,18)19/h4-6,8,12,16H,7,14H2,1-3H3,(H,15,17). The second-order valence-corrected chi connectivity index (χ2v) is 7.10. The van der Waals surface area contributed by atoms with E-state index >= 15 is 0 Å². The fourth-order valence-electron chi connectivity index (χ4n) is 1.50. The van der Waals surface area contributed by atoms with Crippen LogP contribution in [0.15, 0.2) is 23.1 Å². The molecule has 112 valence electrons. The average Bonchev–Trinajstić information content (AvgIpc) is 2.33. The van der Waals surface area contributed by atoms with Crippen LogP contribution in [-0.2, 0) is 9.84 Å². The summed E-state index contributed by atoms with van der Waals surface area (Å²) in [5, 5.41) is 12.2. The van der Waals surface area contributed by atoms with E-state index in [0.29, 0.717) is 0 Å². The molecule has 7 heteroatoms. The van der Waals surface area contributed by atoms with Crippen LogP contribution in [0.25, 0.3) is 0 Å². The van der Waals surface area contributed by atoms with Gasteiger partial charge in [0.1, 0.15) is 0 Å². The summed E-state index contributed by atoms with van der Waals surface area (Å²) in [7, 11) is -3.44. The van der Waals surface area contributed by atoms with Gasteiger partial charge in [0, 0.05) is 24.1 Å². The number of carbonyl (C=O) groups excluding carboxylic acids is 1. The third-order valence-corrected chi connectivity index (χ3v) is 3.95. The molecule has 0 saturated carbocycles. The lowest BCUT2D eigenvalue weighted by Gasteiger charge is -2.15. The van der Waals surface area contributed by atoms with E-state index in [2.05, 4.69) is 5.32 Å². The van der Waals surface area contributed by atoms with Gasteiger partial charge in [0.15, 0.2) is 9.84 Å². The number of aliphatic hydroxyl groups is 1. The van der Waals surface area contributed by atoms with Crippen molar-refractivity contribution in [2.45, 2.75) is 24.8 Å². The molecule has 0 fully saturated rings. The molecule has 0 radical (unpaired) electrons. The van der Waals surface area contributed by atoms with Crippen molar-refractivity contribution in [1.29, 1.82) is 0 Å². The predicted molar refractivity (Wildman–Crippen MR) is 77.1 cm³/mol. The maximum atomic E-state index is 11.9. The molecule has 1 aromatic carbocycles. The van der Waals surface area contributed by atoms with Gasteiger partial charge in [0.05, 0.1) is 11.0 Å². The van der Waals surface area contributed by atoms with Gasteiger partial charge in [-0.15, -0.1) is 0 Å². The number of nitrogen functional groups attached to an aromatic ring is 1. The highest BCUT2D eigenvalue weighted by atomic mass is 32.2. The summed E-state index contributed by atoms with van der Waals surface area (Å²) in [6.45, 7) is 3.76. The lowest BCUT2D eigenvalue weighted by Crippen LogP contribution is -2.34. The number of anilines is 1. The number of amides is 1. The Morgan fingerprint density at radius 3 is 2.45 bits per heavy atom. The number of hydrogen-bond acceptors (Lipinski definition) is 5. The van der Waals surface area contributed by atoms with Crippen LogP contribution in [0.3, 0.4) is 0 Å². The summed E-state index contributed by atoms with van der Waals surface area (Å²) < 4.78 is 23.0. The van der Waals surface area contributed by atoms with Crippen LogP contribution >= 0.6 is 0 Å². The van der Waals surface area contributed by atoms with Crippen molar-refractivity contribution >= 4 is 21.4 Å². The number of carbonyl (C=O) groups is 1. The molecule has 1 aromatic rings. The Morgan fingerprint density at radius 2 is 1.95 bits per heavy atom. The van der Waals surface area contributed by atoms with Crippen LogP contribution in [0.5, 0.6) is 0 Å². The number of sulfone groups is 1. The zero-order valence-electron chi connectivity index (χ0n) is 11.8. The molecule has 1 atom stereocenters. The van der Waals surface area contributed by atoms with Crippen LogP contribution in [0.4, 0.5) is 5.69 Å². The monoisotopic (exact) mass is 300 g/mol. The summed E-state index contributed by atoms with van der Waals surface area (Å²) in [6, 6.07) is 3.96. The van der Waals surface area contributed by atoms with Crippen molar-refractivity contribution in [1.82, 2.24) is 5.32 Å². The van der Waals surface area contributed by atoms with Gasteiger partial charge in [-0.05, 0) is 24.1 Å². The van der Waals surface area contributed by atoms with E-state index in [0.717, 1.165) is 6.26 Å². The van der Waals surface area contributed by atoms with E-state index in [-0.39, 0.29) is 28.6 Å². The Morgan fingerprint density at radius 1 is 1.35 bits per heavy atom.